The number of para-hydroxylation sites is 1. The van der Waals surface area contributed by atoms with Gasteiger partial charge >= 0.3 is 5.97 Å². The second-order valence-electron chi connectivity index (χ2n) is 5.16. The maximum Gasteiger partial charge on any atom is 0.339 e. The van der Waals surface area contributed by atoms with Gasteiger partial charge in [0.2, 0.25) is 0 Å². The van der Waals surface area contributed by atoms with Crippen molar-refractivity contribution < 1.29 is 18.7 Å². The quantitative estimate of drug-likeness (QED) is 0.692. The fraction of sp³-hybridized carbons (Fsp3) is 0.0526. The number of ether oxygens (including phenoxy) is 1. The first-order valence-corrected chi connectivity index (χ1v) is 7.81. The zero-order valence-corrected chi connectivity index (χ0v) is 14.0. The summed E-state index contributed by atoms with van der Waals surface area (Å²) in [7, 11) is 1.28. The molecule has 0 aliphatic heterocycles. The Morgan fingerprint density at radius 1 is 1.00 bits per heavy atom. The number of carbonyl (C=O) groups excluding carboxylic acids is 2. The van der Waals surface area contributed by atoms with E-state index in [2.05, 4.69) is 5.32 Å². The number of anilines is 1. The van der Waals surface area contributed by atoms with Gasteiger partial charge in [0.1, 0.15) is 5.76 Å². The van der Waals surface area contributed by atoms with Crippen molar-refractivity contribution in [3.63, 3.8) is 0 Å². The summed E-state index contributed by atoms with van der Waals surface area (Å²) in [5, 5.41) is 3.28. The summed E-state index contributed by atoms with van der Waals surface area (Å²) >= 11 is 5.86. The van der Waals surface area contributed by atoms with Crippen molar-refractivity contribution in [3.05, 3.63) is 77.0 Å². The Morgan fingerprint density at radius 3 is 2.44 bits per heavy atom. The number of amides is 1. The van der Waals surface area contributed by atoms with Crippen molar-refractivity contribution in [2.75, 3.05) is 12.4 Å². The van der Waals surface area contributed by atoms with Crippen LogP contribution in [-0.2, 0) is 4.74 Å². The van der Waals surface area contributed by atoms with Gasteiger partial charge in [-0.2, -0.15) is 0 Å². The number of carbonyl (C=O) groups is 2. The molecular weight excluding hydrogens is 342 g/mol. The zero-order valence-electron chi connectivity index (χ0n) is 13.3. The number of nitrogens with one attached hydrogen (secondary N) is 1. The van der Waals surface area contributed by atoms with Crippen molar-refractivity contribution >= 4 is 29.2 Å². The third kappa shape index (κ3) is 3.72. The lowest BCUT2D eigenvalue weighted by Gasteiger charge is -2.08. The fourth-order valence-electron chi connectivity index (χ4n) is 2.29. The third-order valence-corrected chi connectivity index (χ3v) is 3.79. The van der Waals surface area contributed by atoms with Crippen molar-refractivity contribution in [2.24, 2.45) is 0 Å². The highest BCUT2D eigenvalue weighted by atomic mass is 35.5. The summed E-state index contributed by atoms with van der Waals surface area (Å²) < 4.78 is 10.3. The summed E-state index contributed by atoms with van der Waals surface area (Å²) in [6.07, 6.45) is 0. The van der Waals surface area contributed by atoms with Gasteiger partial charge < -0.3 is 14.5 Å². The van der Waals surface area contributed by atoms with Crippen LogP contribution in [0.2, 0.25) is 5.02 Å². The number of hydrogen-bond acceptors (Lipinski definition) is 4. The van der Waals surface area contributed by atoms with Gasteiger partial charge in [0.25, 0.3) is 5.91 Å². The van der Waals surface area contributed by atoms with Crippen molar-refractivity contribution in [3.8, 4) is 11.3 Å². The van der Waals surface area contributed by atoms with Crippen LogP contribution >= 0.6 is 11.6 Å². The number of halogens is 1. The molecule has 1 N–H and O–H groups in total. The van der Waals surface area contributed by atoms with Crippen molar-refractivity contribution in [1.82, 2.24) is 0 Å². The molecule has 0 aliphatic rings. The number of rotatable bonds is 4. The number of esters is 1. The lowest BCUT2D eigenvalue weighted by atomic mass is 10.1. The second kappa shape index (κ2) is 7.23. The van der Waals surface area contributed by atoms with Crippen LogP contribution in [0.1, 0.15) is 20.9 Å². The molecule has 25 heavy (non-hydrogen) atoms. The van der Waals surface area contributed by atoms with Gasteiger partial charge in [0, 0.05) is 10.6 Å². The van der Waals surface area contributed by atoms with E-state index in [9.17, 15) is 9.59 Å². The van der Waals surface area contributed by atoms with Crippen LogP contribution in [0.25, 0.3) is 11.3 Å². The maximum atomic E-state index is 12.4. The molecule has 1 amide bonds. The normalized spacial score (nSPS) is 10.3. The molecule has 1 heterocycles. The molecule has 0 fully saturated rings. The number of benzene rings is 2. The van der Waals surface area contributed by atoms with E-state index in [-0.39, 0.29) is 11.3 Å². The standard InChI is InChI=1S/C19H14ClNO4/c1-24-19(23)14-4-2-3-5-15(14)21-18(22)17-11-10-16(25-17)12-6-8-13(20)9-7-12/h2-11H,1H3,(H,21,22). The summed E-state index contributed by atoms with van der Waals surface area (Å²) in [5.41, 5.74) is 1.42. The van der Waals surface area contributed by atoms with Gasteiger partial charge in [-0.05, 0) is 48.5 Å². The van der Waals surface area contributed by atoms with E-state index in [0.717, 1.165) is 5.56 Å². The number of furan rings is 1. The Bertz CT molecular complexity index is 915. The molecule has 0 aliphatic carbocycles. The van der Waals surface area contributed by atoms with Crippen LogP contribution < -0.4 is 5.32 Å². The van der Waals surface area contributed by atoms with Crippen molar-refractivity contribution in [1.29, 1.82) is 0 Å². The highest BCUT2D eigenvalue weighted by Gasteiger charge is 2.17. The first-order chi connectivity index (χ1) is 12.1. The summed E-state index contributed by atoms with van der Waals surface area (Å²) in [4.78, 5) is 24.2. The van der Waals surface area contributed by atoms with E-state index in [1.807, 2.05) is 0 Å². The van der Waals surface area contributed by atoms with Gasteiger partial charge in [-0.15, -0.1) is 0 Å². The molecule has 0 saturated carbocycles. The van der Waals surface area contributed by atoms with Crippen LogP contribution in [0.3, 0.4) is 0 Å². The van der Waals surface area contributed by atoms with Gasteiger partial charge in [-0.1, -0.05) is 23.7 Å². The van der Waals surface area contributed by atoms with E-state index in [1.54, 1.807) is 60.7 Å². The third-order valence-electron chi connectivity index (χ3n) is 3.54. The van der Waals surface area contributed by atoms with Gasteiger partial charge in [0.15, 0.2) is 5.76 Å². The minimum atomic E-state index is -0.530. The smallest absolute Gasteiger partial charge is 0.339 e. The fourth-order valence-corrected chi connectivity index (χ4v) is 2.42. The van der Waals surface area contributed by atoms with Gasteiger partial charge in [0.05, 0.1) is 18.4 Å². The lowest BCUT2D eigenvalue weighted by Crippen LogP contribution is -2.14. The first kappa shape index (κ1) is 16.8. The number of hydrogen-bond donors (Lipinski definition) is 1. The van der Waals surface area contributed by atoms with E-state index >= 15 is 0 Å². The Morgan fingerprint density at radius 2 is 1.72 bits per heavy atom. The summed E-state index contributed by atoms with van der Waals surface area (Å²) in [6, 6.07) is 16.9. The summed E-state index contributed by atoms with van der Waals surface area (Å²) in [5.74, 6) is -0.318. The van der Waals surface area contributed by atoms with E-state index < -0.39 is 11.9 Å². The summed E-state index contributed by atoms with van der Waals surface area (Å²) in [6.45, 7) is 0. The molecule has 126 valence electrons. The second-order valence-corrected chi connectivity index (χ2v) is 5.60. The SMILES string of the molecule is COC(=O)c1ccccc1NC(=O)c1ccc(-c2ccc(Cl)cc2)o1. The Balaban J connectivity index is 1.81. The first-order valence-electron chi connectivity index (χ1n) is 7.43. The average molecular weight is 356 g/mol. The lowest BCUT2D eigenvalue weighted by molar-refractivity contribution is 0.0602. The van der Waals surface area contributed by atoms with Gasteiger partial charge in [-0.25, -0.2) is 4.79 Å². The highest BCUT2D eigenvalue weighted by Crippen LogP contribution is 2.25. The molecule has 2 aromatic carbocycles. The number of methoxy groups -OCH3 is 1. The minimum absolute atomic E-state index is 0.129. The van der Waals surface area contributed by atoms with Crippen LogP contribution in [-0.4, -0.2) is 19.0 Å². The van der Waals surface area contributed by atoms with Crippen LogP contribution in [0, 0.1) is 0 Å². The van der Waals surface area contributed by atoms with Gasteiger partial charge in [-0.3, -0.25) is 4.79 Å². The molecular formula is C19H14ClNO4. The predicted molar refractivity (Wildman–Crippen MR) is 94.9 cm³/mol. The Kier molecular flexibility index (Phi) is 4.86. The zero-order chi connectivity index (χ0) is 17.8. The Hall–Kier alpha value is -3.05. The largest absolute Gasteiger partial charge is 0.465 e. The Labute approximate surface area is 149 Å². The predicted octanol–water partition coefficient (Wildman–Crippen LogP) is 4.64. The van der Waals surface area contributed by atoms with Crippen molar-refractivity contribution in [2.45, 2.75) is 0 Å². The highest BCUT2D eigenvalue weighted by molar-refractivity contribution is 6.30. The molecule has 0 radical (unpaired) electrons. The van der Waals surface area contributed by atoms with E-state index in [4.69, 9.17) is 20.8 Å². The van der Waals surface area contributed by atoms with Crippen LogP contribution in [0.5, 0.6) is 0 Å². The van der Waals surface area contributed by atoms with Crippen LogP contribution in [0.4, 0.5) is 5.69 Å². The van der Waals surface area contributed by atoms with Crippen LogP contribution in [0.15, 0.2) is 65.1 Å². The molecule has 0 spiro atoms. The molecule has 3 rings (SSSR count). The molecule has 0 unspecified atom stereocenters. The monoisotopic (exact) mass is 355 g/mol. The molecule has 0 saturated heterocycles. The molecule has 0 bridgehead atoms. The minimum Gasteiger partial charge on any atom is -0.465 e. The average Bonchev–Trinajstić information content (AvgIpc) is 3.12. The molecule has 1 aromatic heterocycles. The molecule has 0 atom stereocenters. The van der Waals surface area contributed by atoms with E-state index in [0.29, 0.717) is 16.5 Å². The molecule has 3 aromatic rings. The maximum absolute atomic E-state index is 12.4. The molecule has 5 nitrogen and oxygen atoms in total. The van der Waals surface area contributed by atoms with E-state index in [1.165, 1.54) is 7.11 Å². The molecule has 6 heteroatoms. The topological polar surface area (TPSA) is 68.5 Å².